The molecule has 1 atom stereocenters. The van der Waals surface area contributed by atoms with E-state index < -0.39 is 12.0 Å². The average Bonchev–Trinajstić information content (AvgIpc) is 3.11. The SMILES string of the molecule is O=C(O)[C@@H]1CCCN1CCC(=O)N1CCc2ccccc21. The third-order valence-corrected chi connectivity index (χ3v) is 4.45. The number of fused-ring (bicyclic) bond motifs is 1. The Kier molecular flexibility index (Phi) is 3.92. The van der Waals surface area contributed by atoms with Gasteiger partial charge in [-0.3, -0.25) is 14.5 Å². The lowest BCUT2D eigenvalue weighted by Gasteiger charge is -2.23. The van der Waals surface area contributed by atoms with Crippen LogP contribution in [0.2, 0.25) is 0 Å². The van der Waals surface area contributed by atoms with Gasteiger partial charge >= 0.3 is 5.97 Å². The molecule has 0 unspecified atom stereocenters. The first-order valence-corrected chi connectivity index (χ1v) is 7.52. The largest absolute Gasteiger partial charge is 0.480 e. The van der Waals surface area contributed by atoms with Crippen molar-refractivity contribution in [2.75, 3.05) is 24.5 Å². The normalized spacial score (nSPS) is 21.5. The molecule has 0 bridgehead atoms. The van der Waals surface area contributed by atoms with Gasteiger partial charge in [0, 0.05) is 25.2 Å². The van der Waals surface area contributed by atoms with Crippen LogP contribution in [-0.4, -0.2) is 47.6 Å². The molecule has 1 fully saturated rings. The Labute approximate surface area is 124 Å². The van der Waals surface area contributed by atoms with Gasteiger partial charge in [0.25, 0.3) is 0 Å². The highest BCUT2D eigenvalue weighted by molar-refractivity contribution is 5.95. The number of anilines is 1. The fourth-order valence-electron chi connectivity index (χ4n) is 3.34. The smallest absolute Gasteiger partial charge is 0.320 e. The van der Waals surface area contributed by atoms with Crippen molar-refractivity contribution in [1.29, 1.82) is 0 Å². The molecule has 21 heavy (non-hydrogen) atoms. The van der Waals surface area contributed by atoms with Crippen LogP contribution in [0.15, 0.2) is 24.3 Å². The summed E-state index contributed by atoms with van der Waals surface area (Å²) in [6.07, 6.45) is 2.88. The summed E-state index contributed by atoms with van der Waals surface area (Å²) in [6.45, 7) is 2.05. The van der Waals surface area contributed by atoms with Gasteiger partial charge in [-0.25, -0.2) is 0 Å². The van der Waals surface area contributed by atoms with Crippen LogP contribution in [0.1, 0.15) is 24.8 Å². The van der Waals surface area contributed by atoms with Gasteiger partial charge in [0.15, 0.2) is 0 Å². The van der Waals surface area contributed by atoms with E-state index in [4.69, 9.17) is 5.11 Å². The zero-order valence-corrected chi connectivity index (χ0v) is 12.0. The predicted molar refractivity (Wildman–Crippen MR) is 79.3 cm³/mol. The highest BCUT2D eigenvalue weighted by Gasteiger charge is 2.31. The van der Waals surface area contributed by atoms with E-state index in [1.165, 1.54) is 5.56 Å². The van der Waals surface area contributed by atoms with E-state index in [0.29, 0.717) is 19.4 Å². The van der Waals surface area contributed by atoms with E-state index in [-0.39, 0.29) is 5.91 Å². The number of carboxylic acid groups (broad SMARTS) is 1. The van der Waals surface area contributed by atoms with E-state index in [0.717, 1.165) is 31.6 Å². The highest BCUT2D eigenvalue weighted by atomic mass is 16.4. The molecule has 0 saturated carbocycles. The predicted octanol–water partition coefficient (Wildman–Crippen LogP) is 1.51. The maximum Gasteiger partial charge on any atom is 0.320 e. The average molecular weight is 288 g/mol. The van der Waals surface area contributed by atoms with E-state index in [2.05, 4.69) is 6.07 Å². The quantitative estimate of drug-likeness (QED) is 0.912. The summed E-state index contributed by atoms with van der Waals surface area (Å²) >= 11 is 0. The van der Waals surface area contributed by atoms with Crippen LogP contribution in [0.3, 0.4) is 0 Å². The van der Waals surface area contributed by atoms with Crippen molar-refractivity contribution in [3.63, 3.8) is 0 Å². The molecule has 1 aromatic rings. The summed E-state index contributed by atoms with van der Waals surface area (Å²) in [4.78, 5) is 27.3. The summed E-state index contributed by atoms with van der Waals surface area (Å²) in [5, 5.41) is 9.15. The van der Waals surface area contributed by atoms with Crippen LogP contribution in [0, 0.1) is 0 Å². The van der Waals surface area contributed by atoms with Gasteiger partial charge < -0.3 is 10.0 Å². The van der Waals surface area contributed by atoms with Crippen molar-refractivity contribution < 1.29 is 14.7 Å². The van der Waals surface area contributed by atoms with Gasteiger partial charge in [-0.1, -0.05) is 18.2 Å². The maximum absolute atomic E-state index is 12.4. The Morgan fingerprint density at radius 1 is 1.24 bits per heavy atom. The van der Waals surface area contributed by atoms with Crippen molar-refractivity contribution >= 4 is 17.6 Å². The minimum absolute atomic E-state index is 0.0935. The Morgan fingerprint density at radius 3 is 2.86 bits per heavy atom. The molecule has 1 aromatic carbocycles. The Bertz CT molecular complexity index is 558. The van der Waals surface area contributed by atoms with Crippen LogP contribution in [0.4, 0.5) is 5.69 Å². The number of rotatable bonds is 4. The minimum Gasteiger partial charge on any atom is -0.480 e. The van der Waals surface area contributed by atoms with Crippen LogP contribution >= 0.6 is 0 Å². The molecule has 0 aliphatic carbocycles. The number of carbonyl (C=O) groups is 2. The standard InChI is InChI=1S/C16H20N2O3/c19-15(8-10-17-9-3-6-14(17)16(20)21)18-11-7-12-4-1-2-5-13(12)18/h1-2,4-5,14H,3,6-11H2,(H,20,21)/t14-/m0/s1. The monoisotopic (exact) mass is 288 g/mol. The molecule has 1 saturated heterocycles. The second kappa shape index (κ2) is 5.85. The van der Waals surface area contributed by atoms with E-state index in [1.807, 2.05) is 28.0 Å². The lowest BCUT2D eigenvalue weighted by molar-refractivity contribution is -0.142. The van der Waals surface area contributed by atoms with Gasteiger partial charge in [-0.05, 0) is 37.4 Å². The number of para-hydroxylation sites is 1. The van der Waals surface area contributed by atoms with Crippen LogP contribution in [0.25, 0.3) is 0 Å². The van der Waals surface area contributed by atoms with Crippen molar-refractivity contribution in [2.45, 2.75) is 31.7 Å². The summed E-state index contributed by atoms with van der Waals surface area (Å²) < 4.78 is 0. The van der Waals surface area contributed by atoms with Gasteiger partial charge in [0.2, 0.25) is 5.91 Å². The molecule has 0 radical (unpaired) electrons. The second-order valence-corrected chi connectivity index (χ2v) is 5.71. The number of amides is 1. The summed E-state index contributed by atoms with van der Waals surface area (Å²) in [5.74, 6) is -0.678. The Hall–Kier alpha value is -1.88. The van der Waals surface area contributed by atoms with Crippen LogP contribution in [-0.2, 0) is 16.0 Å². The molecule has 3 rings (SSSR count). The molecule has 5 heteroatoms. The second-order valence-electron chi connectivity index (χ2n) is 5.71. The maximum atomic E-state index is 12.4. The number of benzene rings is 1. The fourth-order valence-corrected chi connectivity index (χ4v) is 3.34. The summed E-state index contributed by atoms with van der Waals surface area (Å²) in [5.41, 5.74) is 2.23. The van der Waals surface area contributed by atoms with E-state index >= 15 is 0 Å². The van der Waals surface area contributed by atoms with Crippen molar-refractivity contribution in [3.05, 3.63) is 29.8 Å². The van der Waals surface area contributed by atoms with E-state index in [9.17, 15) is 9.59 Å². The number of likely N-dealkylation sites (tertiary alicyclic amines) is 1. The number of carbonyl (C=O) groups excluding carboxylic acids is 1. The highest BCUT2D eigenvalue weighted by Crippen LogP contribution is 2.28. The zero-order chi connectivity index (χ0) is 14.8. The molecule has 0 spiro atoms. The van der Waals surface area contributed by atoms with Crippen LogP contribution < -0.4 is 4.90 Å². The van der Waals surface area contributed by atoms with Gasteiger partial charge in [-0.2, -0.15) is 0 Å². The van der Waals surface area contributed by atoms with Gasteiger partial charge in [0.1, 0.15) is 6.04 Å². The van der Waals surface area contributed by atoms with Crippen molar-refractivity contribution in [2.24, 2.45) is 0 Å². The molecule has 2 heterocycles. The van der Waals surface area contributed by atoms with Crippen LogP contribution in [0.5, 0.6) is 0 Å². The van der Waals surface area contributed by atoms with E-state index in [1.54, 1.807) is 0 Å². The molecule has 1 amide bonds. The molecular formula is C16H20N2O3. The number of hydrogen-bond donors (Lipinski definition) is 1. The van der Waals surface area contributed by atoms with Gasteiger partial charge in [-0.15, -0.1) is 0 Å². The molecular weight excluding hydrogens is 268 g/mol. The first kappa shape index (κ1) is 14.1. The number of carboxylic acids is 1. The Morgan fingerprint density at radius 2 is 2.05 bits per heavy atom. The lowest BCUT2D eigenvalue weighted by atomic mass is 10.2. The third-order valence-electron chi connectivity index (χ3n) is 4.45. The fraction of sp³-hybridized carbons (Fsp3) is 0.500. The number of nitrogens with zero attached hydrogens (tertiary/aromatic N) is 2. The molecule has 0 aromatic heterocycles. The zero-order valence-electron chi connectivity index (χ0n) is 12.0. The molecule has 112 valence electrons. The number of hydrogen-bond acceptors (Lipinski definition) is 3. The summed E-state index contributed by atoms with van der Waals surface area (Å²) in [7, 11) is 0. The minimum atomic E-state index is -0.772. The van der Waals surface area contributed by atoms with Crippen molar-refractivity contribution in [1.82, 2.24) is 4.90 Å². The lowest BCUT2D eigenvalue weighted by Crippen LogP contribution is -2.39. The molecule has 5 nitrogen and oxygen atoms in total. The first-order chi connectivity index (χ1) is 10.2. The number of aliphatic carboxylic acids is 1. The first-order valence-electron chi connectivity index (χ1n) is 7.52. The van der Waals surface area contributed by atoms with Gasteiger partial charge in [0.05, 0.1) is 0 Å². The summed E-state index contributed by atoms with van der Waals surface area (Å²) in [6, 6.07) is 7.57. The topological polar surface area (TPSA) is 60.9 Å². The van der Waals surface area contributed by atoms with Crippen molar-refractivity contribution in [3.8, 4) is 0 Å². The molecule has 2 aliphatic rings. The molecule has 1 N–H and O–H groups in total. The Balaban J connectivity index is 1.59. The molecule has 2 aliphatic heterocycles. The third kappa shape index (κ3) is 2.78.